The Labute approximate surface area is 162 Å². The molecule has 7 N–H and O–H groups in total. The van der Waals surface area contributed by atoms with Crippen LogP contribution >= 0.6 is 12.6 Å². The highest BCUT2D eigenvalue weighted by Gasteiger charge is 2.28. The number of carboxylic acid groups (broad SMARTS) is 1. The number of nitrogens with one attached hydrogen (secondary N) is 2. The van der Waals surface area contributed by atoms with Crippen molar-refractivity contribution >= 4 is 36.3 Å². The quantitative estimate of drug-likeness (QED) is 0.257. The summed E-state index contributed by atoms with van der Waals surface area (Å²) in [6.07, 6.45) is -0.212. The highest BCUT2D eigenvalue weighted by atomic mass is 32.1. The Morgan fingerprint density at radius 1 is 1.04 bits per heavy atom. The molecule has 0 spiro atoms. The number of benzene rings is 1. The molecule has 0 fully saturated rings. The molecule has 1 rings (SSSR count). The van der Waals surface area contributed by atoms with Gasteiger partial charge < -0.3 is 27.2 Å². The van der Waals surface area contributed by atoms with Crippen LogP contribution in [0.25, 0.3) is 0 Å². The summed E-state index contributed by atoms with van der Waals surface area (Å²) in [6, 6.07) is 5.64. The average molecular weight is 396 g/mol. The summed E-state index contributed by atoms with van der Waals surface area (Å²) in [7, 11) is 0. The molecule has 3 amide bonds. The van der Waals surface area contributed by atoms with Crippen LogP contribution in [0.5, 0.6) is 0 Å². The SMILES string of the molecule is NC(=O)CC[C@H](NC(=O)[C@H](Cc1ccccc1)NC(=O)[C@@H](N)CS)C(=O)O. The van der Waals surface area contributed by atoms with E-state index in [9.17, 15) is 24.3 Å². The molecule has 1 aromatic carbocycles. The third kappa shape index (κ3) is 8.09. The van der Waals surface area contributed by atoms with Crippen molar-refractivity contribution in [3.63, 3.8) is 0 Å². The van der Waals surface area contributed by atoms with Gasteiger partial charge in [-0.2, -0.15) is 12.6 Å². The number of hydrogen-bond donors (Lipinski definition) is 6. The van der Waals surface area contributed by atoms with Crippen LogP contribution in [-0.4, -0.2) is 52.7 Å². The lowest BCUT2D eigenvalue weighted by Crippen LogP contribution is -2.55. The molecule has 0 unspecified atom stereocenters. The normalized spacial score (nSPS) is 13.9. The van der Waals surface area contributed by atoms with Crippen molar-refractivity contribution in [2.24, 2.45) is 11.5 Å². The van der Waals surface area contributed by atoms with E-state index in [4.69, 9.17) is 11.5 Å². The predicted octanol–water partition coefficient (Wildman–Crippen LogP) is -1.19. The average Bonchev–Trinajstić information content (AvgIpc) is 2.63. The minimum Gasteiger partial charge on any atom is -0.480 e. The molecule has 0 saturated heterocycles. The second-order valence-electron chi connectivity index (χ2n) is 5.94. The smallest absolute Gasteiger partial charge is 0.326 e. The molecule has 0 aliphatic heterocycles. The molecule has 27 heavy (non-hydrogen) atoms. The summed E-state index contributed by atoms with van der Waals surface area (Å²) < 4.78 is 0. The molecule has 0 aromatic heterocycles. The molecule has 0 bridgehead atoms. The molecule has 0 radical (unpaired) electrons. The summed E-state index contributed by atoms with van der Waals surface area (Å²) in [5, 5.41) is 14.1. The first kappa shape index (κ1) is 22.5. The van der Waals surface area contributed by atoms with E-state index in [1.165, 1.54) is 0 Å². The lowest BCUT2D eigenvalue weighted by Gasteiger charge is -2.22. The van der Waals surface area contributed by atoms with Gasteiger partial charge in [0, 0.05) is 18.6 Å². The monoisotopic (exact) mass is 396 g/mol. The number of carboxylic acids is 1. The number of nitrogens with two attached hydrogens (primary N) is 2. The number of carbonyl (C=O) groups excluding carboxylic acids is 3. The summed E-state index contributed by atoms with van der Waals surface area (Å²) in [5.74, 6) is -3.17. The Balaban J connectivity index is 2.91. The fourth-order valence-electron chi connectivity index (χ4n) is 2.24. The number of amides is 3. The van der Waals surface area contributed by atoms with E-state index in [0.29, 0.717) is 0 Å². The fourth-order valence-corrected chi connectivity index (χ4v) is 2.40. The van der Waals surface area contributed by atoms with Crippen LogP contribution in [0.1, 0.15) is 18.4 Å². The number of thiol groups is 1. The van der Waals surface area contributed by atoms with Crippen molar-refractivity contribution in [1.29, 1.82) is 0 Å². The highest BCUT2D eigenvalue weighted by molar-refractivity contribution is 7.80. The Hall–Kier alpha value is -2.59. The van der Waals surface area contributed by atoms with Crippen LogP contribution in [0.4, 0.5) is 0 Å². The fraction of sp³-hybridized carbons (Fsp3) is 0.412. The van der Waals surface area contributed by atoms with Crippen molar-refractivity contribution in [3.05, 3.63) is 35.9 Å². The van der Waals surface area contributed by atoms with E-state index in [2.05, 4.69) is 23.3 Å². The molecule has 0 heterocycles. The summed E-state index contributed by atoms with van der Waals surface area (Å²) in [4.78, 5) is 46.9. The Morgan fingerprint density at radius 2 is 1.63 bits per heavy atom. The van der Waals surface area contributed by atoms with E-state index < -0.39 is 41.8 Å². The van der Waals surface area contributed by atoms with Crippen LogP contribution in [0.3, 0.4) is 0 Å². The Kier molecular flexibility index (Phi) is 9.31. The van der Waals surface area contributed by atoms with Crippen LogP contribution in [0.15, 0.2) is 30.3 Å². The molecule has 0 aliphatic rings. The zero-order chi connectivity index (χ0) is 20.4. The van der Waals surface area contributed by atoms with Crippen molar-refractivity contribution < 1.29 is 24.3 Å². The van der Waals surface area contributed by atoms with Crippen LogP contribution in [-0.2, 0) is 25.6 Å². The number of primary amides is 1. The molecule has 0 aliphatic carbocycles. The first-order valence-electron chi connectivity index (χ1n) is 8.26. The first-order valence-corrected chi connectivity index (χ1v) is 8.90. The Bertz CT molecular complexity index is 671. The number of rotatable bonds is 11. The van der Waals surface area contributed by atoms with Crippen LogP contribution < -0.4 is 22.1 Å². The molecular formula is C17H24N4O5S. The van der Waals surface area contributed by atoms with Gasteiger partial charge in [0.25, 0.3) is 0 Å². The highest BCUT2D eigenvalue weighted by Crippen LogP contribution is 2.06. The summed E-state index contributed by atoms with van der Waals surface area (Å²) >= 11 is 3.95. The standard InChI is InChI=1S/C17H24N4O5S/c18-11(9-27)15(23)21-13(8-10-4-2-1-3-5-10)16(24)20-12(17(25)26)6-7-14(19)22/h1-5,11-13,27H,6-9,18H2,(H2,19,22)(H,20,24)(H,21,23)(H,25,26)/t11-,12-,13-/m0/s1. The van der Waals surface area contributed by atoms with Gasteiger partial charge in [-0.05, 0) is 12.0 Å². The molecule has 10 heteroatoms. The summed E-state index contributed by atoms with van der Waals surface area (Å²) in [5.41, 5.74) is 11.4. The zero-order valence-corrected chi connectivity index (χ0v) is 15.5. The van der Waals surface area contributed by atoms with Crippen molar-refractivity contribution in [1.82, 2.24) is 10.6 Å². The second kappa shape index (κ2) is 11.2. The zero-order valence-electron chi connectivity index (χ0n) is 14.6. The van der Waals surface area contributed by atoms with Gasteiger partial charge in [-0.15, -0.1) is 0 Å². The minimum absolute atomic E-state index is 0.0852. The van der Waals surface area contributed by atoms with Gasteiger partial charge in [-0.3, -0.25) is 14.4 Å². The number of hydrogen-bond acceptors (Lipinski definition) is 6. The molecule has 9 nitrogen and oxygen atoms in total. The van der Waals surface area contributed by atoms with Crippen molar-refractivity contribution in [2.75, 3.05) is 5.75 Å². The summed E-state index contributed by atoms with van der Waals surface area (Å²) in [6.45, 7) is 0. The van der Waals surface area contributed by atoms with Crippen LogP contribution in [0, 0.1) is 0 Å². The van der Waals surface area contributed by atoms with Gasteiger partial charge in [0.1, 0.15) is 12.1 Å². The van der Waals surface area contributed by atoms with E-state index >= 15 is 0 Å². The maximum Gasteiger partial charge on any atom is 0.326 e. The molecule has 0 saturated carbocycles. The topological polar surface area (TPSA) is 165 Å². The van der Waals surface area contributed by atoms with Crippen molar-refractivity contribution in [2.45, 2.75) is 37.4 Å². The van der Waals surface area contributed by atoms with E-state index in [1.54, 1.807) is 30.3 Å². The van der Waals surface area contributed by atoms with Crippen LogP contribution in [0.2, 0.25) is 0 Å². The van der Waals surface area contributed by atoms with E-state index in [0.717, 1.165) is 5.56 Å². The van der Waals surface area contributed by atoms with Crippen molar-refractivity contribution in [3.8, 4) is 0 Å². The molecule has 3 atom stereocenters. The molecule has 1 aromatic rings. The van der Waals surface area contributed by atoms with Gasteiger partial charge in [-0.1, -0.05) is 30.3 Å². The Morgan fingerprint density at radius 3 is 2.15 bits per heavy atom. The minimum atomic E-state index is -1.31. The lowest BCUT2D eigenvalue weighted by atomic mass is 10.0. The first-order chi connectivity index (χ1) is 12.7. The maximum absolute atomic E-state index is 12.6. The second-order valence-corrected chi connectivity index (χ2v) is 6.31. The van der Waals surface area contributed by atoms with Gasteiger partial charge in [0.2, 0.25) is 17.7 Å². The lowest BCUT2D eigenvalue weighted by molar-refractivity contribution is -0.142. The van der Waals surface area contributed by atoms with Gasteiger partial charge in [-0.25, -0.2) is 4.79 Å². The third-order valence-corrected chi connectivity index (χ3v) is 4.14. The van der Waals surface area contributed by atoms with Gasteiger partial charge in [0.15, 0.2) is 0 Å². The van der Waals surface area contributed by atoms with Gasteiger partial charge in [0.05, 0.1) is 6.04 Å². The van der Waals surface area contributed by atoms with E-state index in [-0.39, 0.29) is 25.0 Å². The number of aliphatic carboxylic acids is 1. The molecule has 148 valence electrons. The largest absolute Gasteiger partial charge is 0.480 e. The predicted molar refractivity (Wildman–Crippen MR) is 102 cm³/mol. The number of carbonyl (C=O) groups is 4. The van der Waals surface area contributed by atoms with Gasteiger partial charge >= 0.3 is 5.97 Å². The maximum atomic E-state index is 12.6. The third-order valence-electron chi connectivity index (χ3n) is 3.74. The molecular weight excluding hydrogens is 372 g/mol. The van der Waals surface area contributed by atoms with E-state index in [1.807, 2.05) is 0 Å².